The standard InChI is InChI=1S/C17H15N7.3H2/c18-16-15(17-19-7-4-8-24(17)23-16)13-9-14(22-11-21-13)20-10-12-5-2-1-3-6-12;;;/h1-9,11H,10H2,(H2,18,23)(H,20,21,22);3*1H. The second kappa shape index (κ2) is 5.96. The number of nitrogens with one attached hydrogen (secondary N) is 1. The molecular formula is C17H21N7. The van der Waals surface area contributed by atoms with Crippen molar-refractivity contribution in [2.24, 2.45) is 0 Å². The Morgan fingerprint density at radius 2 is 1.96 bits per heavy atom. The van der Waals surface area contributed by atoms with Crippen molar-refractivity contribution in [2.45, 2.75) is 6.54 Å². The summed E-state index contributed by atoms with van der Waals surface area (Å²) >= 11 is 0. The molecule has 0 saturated carbocycles. The van der Waals surface area contributed by atoms with Gasteiger partial charge in [0.2, 0.25) is 0 Å². The highest BCUT2D eigenvalue weighted by Gasteiger charge is 2.15. The van der Waals surface area contributed by atoms with Crippen LogP contribution >= 0.6 is 0 Å². The van der Waals surface area contributed by atoms with Crippen LogP contribution in [0.4, 0.5) is 11.6 Å². The monoisotopic (exact) mass is 323 g/mol. The topological polar surface area (TPSA) is 94.0 Å². The first kappa shape index (κ1) is 14.1. The van der Waals surface area contributed by atoms with Gasteiger partial charge in [-0.25, -0.2) is 19.5 Å². The fraction of sp³-hybridized carbons (Fsp3) is 0.0588. The number of rotatable bonds is 4. The third kappa shape index (κ3) is 2.63. The first-order chi connectivity index (χ1) is 11.8. The Hall–Kier alpha value is -3.48. The van der Waals surface area contributed by atoms with Gasteiger partial charge in [-0.3, -0.25) is 0 Å². The molecule has 0 spiro atoms. The fourth-order valence-electron chi connectivity index (χ4n) is 2.53. The van der Waals surface area contributed by atoms with E-state index >= 15 is 0 Å². The Morgan fingerprint density at radius 3 is 2.83 bits per heavy atom. The average Bonchev–Trinajstić information content (AvgIpc) is 2.97. The average molecular weight is 323 g/mol. The quantitative estimate of drug-likeness (QED) is 0.599. The maximum Gasteiger partial charge on any atom is 0.166 e. The second-order valence-corrected chi connectivity index (χ2v) is 5.28. The number of fused-ring (bicyclic) bond motifs is 1. The minimum absolute atomic E-state index is 0. The number of anilines is 2. The smallest absolute Gasteiger partial charge is 0.166 e. The van der Waals surface area contributed by atoms with Gasteiger partial charge in [-0.05, 0) is 11.6 Å². The van der Waals surface area contributed by atoms with Crippen LogP contribution in [0.5, 0.6) is 0 Å². The largest absolute Gasteiger partial charge is 0.382 e. The van der Waals surface area contributed by atoms with E-state index in [2.05, 4.69) is 37.5 Å². The van der Waals surface area contributed by atoms with E-state index in [9.17, 15) is 0 Å². The molecule has 4 aromatic rings. The first-order valence-electron chi connectivity index (χ1n) is 7.50. The Kier molecular flexibility index (Phi) is 3.51. The molecule has 0 fully saturated rings. The Bertz CT molecular complexity index is 992. The molecule has 3 aromatic heterocycles. The van der Waals surface area contributed by atoms with E-state index in [4.69, 9.17) is 5.73 Å². The van der Waals surface area contributed by atoms with Crippen LogP contribution in [-0.4, -0.2) is 24.6 Å². The molecule has 4 rings (SSSR count). The van der Waals surface area contributed by atoms with Gasteiger partial charge < -0.3 is 11.1 Å². The number of hydrogen-bond acceptors (Lipinski definition) is 6. The van der Waals surface area contributed by atoms with Crippen molar-refractivity contribution in [3.05, 3.63) is 66.7 Å². The highest BCUT2D eigenvalue weighted by Crippen LogP contribution is 2.28. The third-order valence-corrected chi connectivity index (χ3v) is 3.66. The molecule has 7 nitrogen and oxygen atoms in total. The normalized spacial score (nSPS) is 10.8. The van der Waals surface area contributed by atoms with Gasteiger partial charge in [0.05, 0.1) is 11.3 Å². The zero-order valence-corrected chi connectivity index (χ0v) is 12.8. The molecule has 0 aliphatic carbocycles. The molecule has 124 valence electrons. The maximum atomic E-state index is 6.05. The van der Waals surface area contributed by atoms with E-state index in [0.717, 1.165) is 5.82 Å². The number of aromatic nitrogens is 5. The molecule has 0 amide bonds. The van der Waals surface area contributed by atoms with E-state index in [0.29, 0.717) is 29.3 Å². The van der Waals surface area contributed by atoms with Crippen molar-refractivity contribution in [2.75, 3.05) is 11.1 Å². The van der Waals surface area contributed by atoms with Gasteiger partial charge >= 0.3 is 0 Å². The lowest BCUT2D eigenvalue weighted by Crippen LogP contribution is -2.02. The summed E-state index contributed by atoms with van der Waals surface area (Å²) in [4.78, 5) is 12.9. The highest BCUT2D eigenvalue weighted by molar-refractivity contribution is 5.84. The van der Waals surface area contributed by atoms with Gasteiger partial charge in [0.25, 0.3) is 0 Å². The SMILES string of the molecule is Nc1nn2cccnc2c1-c1cc(NCc2ccccc2)ncn1.[HH].[HH].[HH]. The lowest BCUT2D eigenvalue weighted by molar-refractivity contribution is 0.945. The zero-order valence-electron chi connectivity index (χ0n) is 12.8. The zero-order chi connectivity index (χ0) is 16.4. The van der Waals surface area contributed by atoms with Gasteiger partial charge in [-0.1, -0.05) is 30.3 Å². The predicted molar refractivity (Wildman–Crippen MR) is 98.5 cm³/mol. The minimum atomic E-state index is 0. The fourth-order valence-corrected chi connectivity index (χ4v) is 2.53. The molecule has 3 N–H and O–H groups in total. The highest BCUT2D eigenvalue weighted by atomic mass is 15.3. The van der Waals surface area contributed by atoms with Crippen LogP contribution in [0.2, 0.25) is 0 Å². The van der Waals surface area contributed by atoms with Crippen molar-refractivity contribution in [1.82, 2.24) is 24.6 Å². The van der Waals surface area contributed by atoms with Crippen molar-refractivity contribution < 1.29 is 4.28 Å². The number of nitrogens with zero attached hydrogens (tertiary/aromatic N) is 5. The summed E-state index contributed by atoms with van der Waals surface area (Å²) < 4.78 is 1.64. The van der Waals surface area contributed by atoms with Gasteiger partial charge in [0.1, 0.15) is 12.1 Å². The molecule has 0 aliphatic rings. The minimum Gasteiger partial charge on any atom is -0.382 e. The molecule has 24 heavy (non-hydrogen) atoms. The van der Waals surface area contributed by atoms with Crippen LogP contribution in [0.1, 0.15) is 9.84 Å². The van der Waals surface area contributed by atoms with E-state index in [1.807, 2.05) is 24.3 Å². The summed E-state index contributed by atoms with van der Waals surface area (Å²) in [7, 11) is 0. The lowest BCUT2D eigenvalue weighted by Gasteiger charge is -2.07. The molecule has 3 heterocycles. The van der Waals surface area contributed by atoms with Gasteiger partial charge in [0, 0.05) is 29.3 Å². The van der Waals surface area contributed by atoms with Gasteiger partial charge in [-0.2, -0.15) is 0 Å². The molecule has 0 aliphatic heterocycles. The van der Waals surface area contributed by atoms with Gasteiger partial charge in [-0.15, -0.1) is 5.10 Å². The number of nitrogen functional groups attached to an aromatic ring is 1. The van der Waals surface area contributed by atoms with E-state index < -0.39 is 0 Å². The third-order valence-electron chi connectivity index (χ3n) is 3.66. The van der Waals surface area contributed by atoms with E-state index in [1.165, 1.54) is 11.9 Å². The van der Waals surface area contributed by atoms with Crippen LogP contribution in [0.25, 0.3) is 16.9 Å². The van der Waals surface area contributed by atoms with Crippen LogP contribution < -0.4 is 11.1 Å². The summed E-state index contributed by atoms with van der Waals surface area (Å²) in [6.07, 6.45) is 5.02. The molecule has 0 unspecified atom stereocenters. The number of hydrogen-bond donors (Lipinski definition) is 2. The maximum absolute atomic E-state index is 6.05. The molecule has 1 aromatic carbocycles. The summed E-state index contributed by atoms with van der Waals surface area (Å²) in [5.74, 6) is 1.11. The summed E-state index contributed by atoms with van der Waals surface area (Å²) in [6, 6.07) is 13.8. The Labute approximate surface area is 142 Å². The Morgan fingerprint density at radius 1 is 1.08 bits per heavy atom. The van der Waals surface area contributed by atoms with E-state index in [-0.39, 0.29) is 4.28 Å². The molecule has 0 saturated heterocycles. The predicted octanol–water partition coefficient (Wildman–Crippen LogP) is 3.12. The van der Waals surface area contributed by atoms with Crippen LogP contribution in [-0.2, 0) is 6.54 Å². The van der Waals surface area contributed by atoms with E-state index in [1.54, 1.807) is 23.0 Å². The van der Waals surface area contributed by atoms with Crippen LogP contribution in [0, 0.1) is 0 Å². The van der Waals surface area contributed by atoms with Crippen molar-refractivity contribution in [3.8, 4) is 11.3 Å². The lowest BCUT2D eigenvalue weighted by atomic mass is 10.2. The van der Waals surface area contributed by atoms with Crippen molar-refractivity contribution in [1.29, 1.82) is 0 Å². The Balaban J connectivity index is 0.00000121. The van der Waals surface area contributed by atoms with Crippen molar-refractivity contribution in [3.63, 3.8) is 0 Å². The van der Waals surface area contributed by atoms with Crippen LogP contribution in [0.3, 0.4) is 0 Å². The number of nitrogens with two attached hydrogens (primary N) is 1. The molecule has 0 bridgehead atoms. The molecular weight excluding hydrogens is 302 g/mol. The first-order valence-corrected chi connectivity index (χ1v) is 7.50. The van der Waals surface area contributed by atoms with Crippen molar-refractivity contribution >= 4 is 17.3 Å². The molecule has 0 radical (unpaired) electrons. The summed E-state index contributed by atoms with van der Waals surface area (Å²) in [5.41, 5.74) is 9.29. The second-order valence-electron chi connectivity index (χ2n) is 5.28. The summed E-state index contributed by atoms with van der Waals surface area (Å²) in [6.45, 7) is 0.680. The molecule has 0 atom stereocenters. The van der Waals surface area contributed by atoms with Crippen LogP contribution in [0.15, 0.2) is 61.2 Å². The molecule has 7 heteroatoms. The van der Waals surface area contributed by atoms with Gasteiger partial charge in [0.15, 0.2) is 11.5 Å². The summed E-state index contributed by atoms with van der Waals surface area (Å²) in [5, 5.41) is 7.56. The number of benzene rings is 1.